The lowest BCUT2D eigenvalue weighted by atomic mass is 9.81. The second-order valence-electron chi connectivity index (χ2n) is 7.40. The Morgan fingerprint density at radius 1 is 1.15 bits per heavy atom. The molecule has 1 aliphatic heterocycles. The summed E-state index contributed by atoms with van der Waals surface area (Å²) in [4.78, 5) is 17.2. The van der Waals surface area contributed by atoms with Crippen molar-refractivity contribution in [3.05, 3.63) is 36.2 Å². The highest BCUT2D eigenvalue weighted by atomic mass is 16.5. The fourth-order valence-electron chi connectivity index (χ4n) is 3.94. The molecule has 1 saturated heterocycles. The number of benzene rings is 1. The molecule has 0 bridgehead atoms. The lowest BCUT2D eigenvalue weighted by molar-refractivity contribution is 0.109. The van der Waals surface area contributed by atoms with E-state index in [1.165, 1.54) is 0 Å². The van der Waals surface area contributed by atoms with Gasteiger partial charge in [0.2, 0.25) is 5.82 Å². The average molecular weight is 370 g/mol. The Kier molecular flexibility index (Phi) is 5.38. The minimum atomic E-state index is -0.598. The third-order valence-corrected chi connectivity index (χ3v) is 5.44. The number of nitrogens with zero attached hydrogens (tertiary/aromatic N) is 2. The van der Waals surface area contributed by atoms with E-state index in [0.29, 0.717) is 18.3 Å². The van der Waals surface area contributed by atoms with Crippen molar-refractivity contribution in [1.29, 1.82) is 0 Å². The van der Waals surface area contributed by atoms with Crippen molar-refractivity contribution >= 4 is 6.03 Å². The maximum absolute atomic E-state index is 12.6. The highest BCUT2D eigenvalue weighted by Gasteiger charge is 2.41. The Hall–Kier alpha value is -2.41. The molecule has 1 unspecified atom stereocenters. The molecule has 7 heteroatoms. The molecule has 1 aliphatic carbocycles. The van der Waals surface area contributed by atoms with Crippen molar-refractivity contribution < 1.29 is 14.1 Å². The van der Waals surface area contributed by atoms with Crippen molar-refractivity contribution in [3.8, 4) is 11.4 Å². The van der Waals surface area contributed by atoms with E-state index in [2.05, 4.69) is 20.8 Å². The third-order valence-electron chi connectivity index (χ3n) is 5.44. The van der Waals surface area contributed by atoms with E-state index in [0.717, 1.165) is 57.1 Å². The van der Waals surface area contributed by atoms with Crippen LogP contribution < -0.4 is 10.6 Å². The number of carbonyl (C=O) groups is 1. The molecule has 1 aromatic carbocycles. The third kappa shape index (κ3) is 4.13. The van der Waals surface area contributed by atoms with Crippen molar-refractivity contribution in [2.75, 3.05) is 13.2 Å². The molecular weight excluding hydrogens is 344 g/mol. The second kappa shape index (κ2) is 8.08. The molecule has 2 amide bonds. The maximum Gasteiger partial charge on any atom is 0.315 e. The van der Waals surface area contributed by atoms with Gasteiger partial charge in [-0.3, -0.25) is 0 Å². The van der Waals surface area contributed by atoms with Gasteiger partial charge in [-0.25, -0.2) is 4.79 Å². The summed E-state index contributed by atoms with van der Waals surface area (Å²) in [5.74, 6) is 1.05. The lowest BCUT2D eigenvalue weighted by Crippen LogP contribution is -2.52. The molecule has 2 heterocycles. The highest BCUT2D eigenvalue weighted by Crippen LogP contribution is 2.37. The summed E-state index contributed by atoms with van der Waals surface area (Å²) in [6, 6.07) is 9.53. The van der Waals surface area contributed by atoms with Gasteiger partial charge in [0.25, 0.3) is 5.89 Å². The van der Waals surface area contributed by atoms with Crippen molar-refractivity contribution in [1.82, 2.24) is 20.8 Å². The number of amides is 2. The Balaban J connectivity index is 1.48. The monoisotopic (exact) mass is 370 g/mol. The molecule has 27 heavy (non-hydrogen) atoms. The molecule has 1 aromatic heterocycles. The Morgan fingerprint density at radius 3 is 2.70 bits per heavy atom. The normalized spacial score (nSPS) is 21.7. The summed E-state index contributed by atoms with van der Waals surface area (Å²) in [6.45, 7) is 1.31. The van der Waals surface area contributed by atoms with E-state index < -0.39 is 5.54 Å². The predicted octanol–water partition coefficient (Wildman–Crippen LogP) is 3.37. The number of ether oxygens (including phenoxy) is 1. The van der Waals surface area contributed by atoms with Gasteiger partial charge in [0, 0.05) is 18.7 Å². The first-order valence-electron chi connectivity index (χ1n) is 9.82. The molecule has 2 aromatic rings. The van der Waals surface area contributed by atoms with Gasteiger partial charge in [-0.2, -0.15) is 4.98 Å². The fraction of sp³-hybridized carbons (Fsp3) is 0.550. The Bertz CT molecular complexity index is 750. The van der Waals surface area contributed by atoms with Gasteiger partial charge >= 0.3 is 6.03 Å². The topological polar surface area (TPSA) is 89.3 Å². The number of carbonyl (C=O) groups excluding carboxylic acids is 1. The van der Waals surface area contributed by atoms with Crippen molar-refractivity contribution in [2.45, 2.75) is 56.6 Å². The number of hydrogen-bond donors (Lipinski definition) is 2. The van der Waals surface area contributed by atoms with Crippen molar-refractivity contribution in [3.63, 3.8) is 0 Å². The number of rotatable bonds is 5. The van der Waals surface area contributed by atoms with E-state index in [1.807, 2.05) is 30.3 Å². The SMILES string of the molecule is O=C(NCC1CCCO1)NC1(c2nc(-c3ccccc3)no2)CCCCC1. The lowest BCUT2D eigenvalue weighted by Gasteiger charge is -2.34. The van der Waals surface area contributed by atoms with Crippen LogP contribution in [-0.2, 0) is 10.3 Å². The van der Waals surface area contributed by atoms with Crippen LogP contribution in [0.1, 0.15) is 50.8 Å². The van der Waals surface area contributed by atoms with Crippen LogP contribution in [0.15, 0.2) is 34.9 Å². The molecule has 7 nitrogen and oxygen atoms in total. The molecule has 2 fully saturated rings. The minimum Gasteiger partial charge on any atom is -0.376 e. The summed E-state index contributed by atoms with van der Waals surface area (Å²) in [5.41, 5.74) is 0.306. The van der Waals surface area contributed by atoms with Gasteiger partial charge in [-0.1, -0.05) is 54.8 Å². The first kappa shape index (κ1) is 18.0. The Labute approximate surface area is 158 Å². The molecule has 4 rings (SSSR count). The standard InChI is InChI=1S/C20H26N4O3/c25-19(21-14-16-10-7-13-26-16)23-20(11-5-2-6-12-20)18-22-17(24-27-18)15-8-3-1-4-9-15/h1,3-4,8-9,16H,2,5-7,10-14H2,(H2,21,23,25). The zero-order valence-corrected chi connectivity index (χ0v) is 15.4. The summed E-state index contributed by atoms with van der Waals surface area (Å²) < 4.78 is 11.2. The molecule has 2 N–H and O–H groups in total. The smallest absolute Gasteiger partial charge is 0.315 e. The molecule has 144 valence electrons. The Morgan fingerprint density at radius 2 is 1.96 bits per heavy atom. The largest absolute Gasteiger partial charge is 0.376 e. The summed E-state index contributed by atoms with van der Waals surface area (Å²) in [6.07, 6.45) is 6.97. The van der Waals surface area contributed by atoms with Gasteiger partial charge in [0.15, 0.2) is 0 Å². The summed E-state index contributed by atoms with van der Waals surface area (Å²) in [7, 11) is 0. The maximum atomic E-state index is 12.6. The van der Waals surface area contributed by atoms with Gasteiger partial charge in [-0.15, -0.1) is 0 Å². The number of hydrogen-bond acceptors (Lipinski definition) is 5. The van der Waals surface area contributed by atoms with E-state index in [1.54, 1.807) is 0 Å². The molecule has 2 aliphatic rings. The number of nitrogens with one attached hydrogen (secondary N) is 2. The van der Waals surface area contributed by atoms with Gasteiger partial charge < -0.3 is 19.9 Å². The van der Waals surface area contributed by atoms with Crippen LogP contribution in [-0.4, -0.2) is 35.4 Å². The molecule has 0 spiro atoms. The first-order valence-corrected chi connectivity index (χ1v) is 9.82. The van der Waals surface area contributed by atoms with Crippen LogP contribution >= 0.6 is 0 Å². The van der Waals surface area contributed by atoms with Crippen LogP contribution in [0.2, 0.25) is 0 Å². The zero-order valence-electron chi connectivity index (χ0n) is 15.4. The first-order chi connectivity index (χ1) is 13.3. The van der Waals surface area contributed by atoms with E-state index in [4.69, 9.17) is 9.26 Å². The molecule has 1 atom stereocenters. The molecule has 0 radical (unpaired) electrons. The van der Waals surface area contributed by atoms with Crippen molar-refractivity contribution in [2.24, 2.45) is 0 Å². The van der Waals surface area contributed by atoms with Crippen LogP contribution in [0.25, 0.3) is 11.4 Å². The summed E-state index contributed by atoms with van der Waals surface area (Å²) in [5, 5.41) is 10.2. The fourth-order valence-corrected chi connectivity index (χ4v) is 3.94. The summed E-state index contributed by atoms with van der Waals surface area (Å²) >= 11 is 0. The second-order valence-corrected chi connectivity index (χ2v) is 7.40. The van der Waals surface area contributed by atoms with E-state index in [9.17, 15) is 4.79 Å². The number of aromatic nitrogens is 2. The number of urea groups is 1. The van der Waals surface area contributed by atoms with Gasteiger partial charge in [0.1, 0.15) is 5.54 Å². The predicted molar refractivity (Wildman–Crippen MR) is 100 cm³/mol. The average Bonchev–Trinajstić information content (AvgIpc) is 3.40. The van der Waals surface area contributed by atoms with Crippen LogP contribution in [0, 0.1) is 0 Å². The van der Waals surface area contributed by atoms with Crippen LogP contribution in [0.3, 0.4) is 0 Å². The zero-order chi connectivity index (χ0) is 18.5. The van der Waals surface area contributed by atoms with Crippen LogP contribution in [0.4, 0.5) is 4.79 Å². The quantitative estimate of drug-likeness (QED) is 0.842. The molecular formula is C20H26N4O3. The van der Waals surface area contributed by atoms with E-state index >= 15 is 0 Å². The highest BCUT2D eigenvalue weighted by molar-refractivity contribution is 5.75. The van der Waals surface area contributed by atoms with Gasteiger partial charge in [0.05, 0.1) is 6.10 Å². The minimum absolute atomic E-state index is 0.117. The molecule has 1 saturated carbocycles. The van der Waals surface area contributed by atoms with Gasteiger partial charge in [-0.05, 0) is 25.7 Å². The van der Waals surface area contributed by atoms with Crippen LogP contribution in [0.5, 0.6) is 0 Å². The van der Waals surface area contributed by atoms with E-state index in [-0.39, 0.29) is 12.1 Å².